The third-order valence-corrected chi connectivity index (χ3v) is 7.90. The number of rotatable bonds is 11. The van der Waals surface area contributed by atoms with Crippen molar-refractivity contribution >= 4 is 35.8 Å². The number of amides is 2. The van der Waals surface area contributed by atoms with Gasteiger partial charge >= 0.3 is 0 Å². The van der Waals surface area contributed by atoms with Crippen molar-refractivity contribution in [2.45, 2.75) is 77.7 Å². The van der Waals surface area contributed by atoms with E-state index in [-0.39, 0.29) is 23.6 Å². The van der Waals surface area contributed by atoms with Crippen molar-refractivity contribution in [2.75, 3.05) is 43.4 Å². The van der Waals surface area contributed by atoms with Crippen molar-refractivity contribution in [1.29, 1.82) is 0 Å². The van der Waals surface area contributed by atoms with Gasteiger partial charge in [0.25, 0.3) is 0 Å². The summed E-state index contributed by atoms with van der Waals surface area (Å²) < 4.78 is 0. The highest BCUT2D eigenvalue weighted by molar-refractivity contribution is 7.80. The van der Waals surface area contributed by atoms with Gasteiger partial charge in [0.1, 0.15) is 5.75 Å². The largest absolute Gasteiger partial charge is 0.508 e. The van der Waals surface area contributed by atoms with Gasteiger partial charge < -0.3 is 15.7 Å². The molecule has 1 unspecified atom stereocenters. The van der Waals surface area contributed by atoms with Crippen molar-refractivity contribution in [3.63, 3.8) is 0 Å². The molecule has 8 heteroatoms. The molecule has 0 aliphatic carbocycles. The standard InChI is InChI=1S/C30H44N4O3S/c1-6-13-33(19-27(36)31-28-21(3)17-24(35)18-22(28)4)14-9-16-34-15-8-7-10-25(34)30(37)32-29-20(2)11-12-26(38)23(29)5/h11-12,17-18,25,35,38H,6-10,13-16,19H2,1-5H3,(H,31,36)(H,32,37). The van der Waals surface area contributed by atoms with Crippen LogP contribution in [0.5, 0.6) is 5.75 Å². The number of nitrogens with zero attached hydrogens (tertiary/aromatic N) is 2. The van der Waals surface area contributed by atoms with E-state index in [0.717, 1.165) is 96.8 Å². The number of phenolic OH excluding ortho intramolecular Hbond substituents is 1. The van der Waals surface area contributed by atoms with Crippen molar-refractivity contribution in [3.8, 4) is 5.75 Å². The predicted molar refractivity (Wildman–Crippen MR) is 159 cm³/mol. The first-order valence-corrected chi connectivity index (χ1v) is 14.2. The lowest BCUT2D eigenvalue weighted by Gasteiger charge is -2.35. The molecule has 0 saturated carbocycles. The summed E-state index contributed by atoms with van der Waals surface area (Å²) in [7, 11) is 0. The van der Waals surface area contributed by atoms with E-state index < -0.39 is 0 Å². The van der Waals surface area contributed by atoms with Gasteiger partial charge in [0.2, 0.25) is 11.8 Å². The molecule has 0 spiro atoms. The monoisotopic (exact) mass is 540 g/mol. The van der Waals surface area contributed by atoms with Gasteiger partial charge in [0.05, 0.1) is 12.6 Å². The summed E-state index contributed by atoms with van der Waals surface area (Å²) in [5.41, 5.74) is 5.36. The van der Waals surface area contributed by atoms with Crippen LogP contribution in [-0.2, 0) is 9.59 Å². The van der Waals surface area contributed by atoms with Crippen LogP contribution in [0.2, 0.25) is 0 Å². The first-order valence-electron chi connectivity index (χ1n) is 13.8. The Labute approximate surface area is 233 Å². The molecule has 3 rings (SSSR count). The quantitative estimate of drug-likeness (QED) is 0.225. The van der Waals surface area contributed by atoms with E-state index in [1.807, 2.05) is 39.8 Å². The smallest absolute Gasteiger partial charge is 0.241 e. The van der Waals surface area contributed by atoms with Crippen LogP contribution in [0.15, 0.2) is 29.2 Å². The molecule has 1 heterocycles. The fourth-order valence-corrected chi connectivity index (χ4v) is 5.58. The second-order valence-corrected chi connectivity index (χ2v) is 11.1. The Hall–Kier alpha value is -2.55. The van der Waals surface area contributed by atoms with Crippen LogP contribution >= 0.6 is 12.6 Å². The zero-order valence-corrected chi connectivity index (χ0v) is 24.5. The van der Waals surface area contributed by atoms with Gasteiger partial charge in [-0.15, -0.1) is 12.6 Å². The first kappa shape index (κ1) is 30.0. The molecule has 0 bridgehead atoms. The number of aryl methyl sites for hydroxylation is 3. The van der Waals surface area contributed by atoms with E-state index >= 15 is 0 Å². The Morgan fingerprint density at radius 1 is 1.03 bits per heavy atom. The van der Waals surface area contributed by atoms with E-state index in [1.165, 1.54) is 0 Å². The minimum atomic E-state index is -0.144. The number of carbonyl (C=O) groups is 2. The summed E-state index contributed by atoms with van der Waals surface area (Å²) in [5.74, 6) is 0.206. The highest BCUT2D eigenvalue weighted by Gasteiger charge is 2.29. The number of benzene rings is 2. The minimum absolute atomic E-state index is 0.0530. The number of hydrogen-bond donors (Lipinski definition) is 4. The average Bonchev–Trinajstić information content (AvgIpc) is 2.86. The van der Waals surface area contributed by atoms with Crippen LogP contribution in [0.4, 0.5) is 11.4 Å². The molecular weight excluding hydrogens is 496 g/mol. The Kier molecular flexibility index (Phi) is 11.1. The van der Waals surface area contributed by atoms with E-state index in [1.54, 1.807) is 12.1 Å². The number of nitrogens with one attached hydrogen (secondary N) is 2. The summed E-state index contributed by atoms with van der Waals surface area (Å²) >= 11 is 4.52. The maximum Gasteiger partial charge on any atom is 0.241 e. The second kappa shape index (κ2) is 14.0. The summed E-state index contributed by atoms with van der Waals surface area (Å²) in [6, 6.07) is 7.14. The van der Waals surface area contributed by atoms with Crippen LogP contribution in [0.1, 0.15) is 61.3 Å². The number of anilines is 2. The number of carbonyl (C=O) groups excluding carboxylic acids is 2. The van der Waals surface area contributed by atoms with Gasteiger partial charge in [-0.25, -0.2) is 0 Å². The van der Waals surface area contributed by atoms with Gasteiger partial charge in [-0.05, 0) is 113 Å². The number of phenols is 1. The zero-order valence-electron chi connectivity index (χ0n) is 23.6. The van der Waals surface area contributed by atoms with Gasteiger partial charge in [0.15, 0.2) is 0 Å². The summed E-state index contributed by atoms with van der Waals surface area (Å²) in [5, 5.41) is 16.0. The number of hydrogen-bond acceptors (Lipinski definition) is 6. The molecule has 1 aliphatic rings. The minimum Gasteiger partial charge on any atom is -0.508 e. The van der Waals surface area contributed by atoms with Gasteiger partial charge in [-0.3, -0.25) is 19.4 Å². The molecule has 208 valence electrons. The van der Waals surface area contributed by atoms with Crippen LogP contribution in [-0.4, -0.2) is 65.5 Å². The van der Waals surface area contributed by atoms with Crippen LogP contribution < -0.4 is 10.6 Å². The van der Waals surface area contributed by atoms with E-state index in [0.29, 0.717) is 6.54 Å². The van der Waals surface area contributed by atoms with Crippen LogP contribution in [0, 0.1) is 27.7 Å². The lowest BCUT2D eigenvalue weighted by molar-refractivity contribution is -0.122. The molecule has 38 heavy (non-hydrogen) atoms. The highest BCUT2D eigenvalue weighted by Crippen LogP contribution is 2.28. The Balaban J connectivity index is 1.56. The van der Waals surface area contributed by atoms with E-state index in [4.69, 9.17) is 0 Å². The van der Waals surface area contributed by atoms with Crippen molar-refractivity contribution in [1.82, 2.24) is 9.80 Å². The Morgan fingerprint density at radius 3 is 2.42 bits per heavy atom. The molecule has 1 aliphatic heterocycles. The summed E-state index contributed by atoms with van der Waals surface area (Å²) in [6.07, 6.45) is 4.86. The topological polar surface area (TPSA) is 84.9 Å². The fraction of sp³-hybridized carbons (Fsp3) is 0.533. The second-order valence-electron chi connectivity index (χ2n) is 10.6. The summed E-state index contributed by atoms with van der Waals surface area (Å²) in [4.78, 5) is 31.6. The average molecular weight is 541 g/mol. The Bertz CT molecular complexity index is 1110. The number of piperidine rings is 1. The van der Waals surface area contributed by atoms with Crippen LogP contribution in [0.3, 0.4) is 0 Å². The molecule has 1 fully saturated rings. The lowest BCUT2D eigenvalue weighted by atomic mass is 10.00. The number of likely N-dealkylation sites (tertiary alicyclic amines) is 1. The fourth-order valence-electron chi connectivity index (χ4n) is 5.39. The van der Waals surface area contributed by atoms with Gasteiger partial charge in [-0.2, -0.15) is 0 Å². The molecule has 1 saturated heterocycles. The normalized spacial score (nSPS) is 16.0. The third kappa shape index (κ3) is 7.98. The Morgan fingerprint density at radius 2 is 1.74 bits per heavy atom. The van der Waals surface area contributed by atoms with Crippen molar-refractivity contribution < 1.29 is 14.7 Å². The first-order chi connectivity index (χ1) is 18.1. The van der Waals surface area contributed by atoms with E-state index in [2.05, 4.69) is 40.0 Å². The maximum atomic E-state index is 13.3. The van der Waals surface area contributed by atoms with Crippen molar-refractivity contribution in [3.05, 3.63) is 46.5 Å². The number of thiol groups is 1. The molecule has 3 N–H and O–H groups in total. The van der Waals surface area contributed by atoms with Gasteiger partial charge in [-0.1, -0.05) is 19.4 Å². The number of aromatic hydroxyl groups is 1. The molecule has 2 aromatic rings. The SMILES string of the molecule is CCCN(CCCN1CCCCC1C(=O)Nc1c(C)ccc(S)c1C)CC(=O)Nc1c(C)cc(O)cc1C. The predicted octanol–water partition coefficient (Wildman–Crippen LogP) is 5.45. The van der Waals surface area contributed by atoms with Crippen LogP contribution in [0.25, 0.3) is 0 Å². The van der Waals surface area contributed by atoms with Crippen molar-refractivity contribution in [2.24, 2.45) is 0 Å². The molecular formula is C30H44N4O3S. The lowest BCUT2D eigenvalue weighted by Crippen LogP contribution is -2.48. The van der Waals surface area contributed by atoms with Gasteiger partial charge in [0, 0.05) is 22.8 Å². The molecule has 0 aromatic heterocycles. The summed E-state index contributed by atoms with van der Waals surface area (Å²) in [6.45, 7) is 13.6. The maximum absolute atomic E-state index is 13.3. The van der Waals surface area contributed by atoms with E-state index in [9.17, 15) is 14.7 Å². The molecule has 1 atom stereocenters. The molecule has 2 amide bonds. The molecule has 0 radical (unpaired) electrons. The molecule has 2 aromatic carbocycles. The molecule has 7 nitrogen and oxygen atoms in total. The highest BCUT2D eigenvalue weighted by atomic mass is 32.1. The third-order valence-electron chi connectivity index (χ3n) is 7.42. The zero-order chi connectivity index (χ0) is 27.8.